The van der Waals surface area contributed by atoms with Crippen molar-refractivity contribution in [1.82, 2.24) is 13.9 Å². The highest BCUT2D eigenvalue weighted by atomic mass is 32.2. The van der Waals surface area contributed by atoms with Crippen LogP contribution < -0.4 is 4.74 Å². The van der Waals surface area contributed by atoms with E-state index in [4.69, 9.17) is 14.2 Å². The first kappa shape index (κ1) is 28.1. The summed E-state index contributed by atoms with van der Waals surface area (Å²) in [5.74, 6) is -2.43. The van der Waals surface area contributed by atoms with E-state index in [9.17, 15) is 22.0 Å². The maximum Gasteiger partial charge on any atom is 0.410 e. The van der Waals surface area contributed by atoms with Crippen LogP contribution in [-0.2, 0) is 31.7 Å². The molecule has 9 nitrogen and oxygen atoms in total. The number of likely N-dealkylation sites (tertiary alicyclic amines) is 1. The summed E-state index contributed by atoms with van der Waals surface area (Å²) in [5, 5.41) is 0.375. The van der Waals surface area contributed by atoms with Crippen molar-refractivity contribution >= 4 is 27.1 Å². The number of rotatable bonds is 4. The van der Waals surface area contributed by atoms with E-state index in [2.05, 4.69) is 4.98 Å². The minimum absolute atomic E-state index is 0.0192. The molecule has 220 valence electrons. The molecule has 1 atom stereocenters. The van der Waals surface area contributed by atoms with Crippen LogP contribution in [0.3, 0.4) is 0 Å². The quantitative estimate of drug-likeness (QED) is 0.302. The molecule has 0 radical (unpaired) electrons. The third-order valence-corrected chi connectivity index (χ3v) is 9.18. The van der Waals surface area contributed by atoms with Gasteiger partial charge in [-0.25, -0.2) is 30.9 Å². The molecule has 1 amide bonds. The predicted molar refractivity (Wildman–Crippen MR) is 150 cm³/mol. The summed E-state index contributed by atoms with van der Waals surface area (Å²) < 4.78 is 75.4. The van der Waals surface area contributed by atoms with Crippen LogP contribution in [0, 0.1) is 11.6 Å². The minimum atomic E-state index is -4.17. The highest BCUT2D eigenvalue weighted by Gasteiger charge is 2.50. The van der Waals surface area contributed by atoms with E-state index in [1.54, 1.807) is 50.1 Å². The van der Waals surface area contributed by atoms with Gasteiger partial charge in [0.25, 0.3) is 10.0 Å². The maximum absolute atomic E-state index is 15.0. The number of hydrogen-bond donors (Lipinski definition) is 0. The van der Waals surface area contributed by atoms with Gasteiger partial charge >= 0.3 is 6.09 Å². The molecule has 12 heteroatoms. The number of hydrogen-bond acceptors (Lipinski definition) is 7. The fourth-order valence-corrected chi connectivity index (χ4v) is 7.07. The van der Waals surface area contributed by atoms with Crippen molar-refractivity contribution in [3.63, 3.8) is 0 Å². The van der Waals surface area contributed by atoms with Crippen LogP contribution in [0.1, 0.15) is 38.3 Å². The van der Waals surface area contributed by atoms with Crippen molar-refractivity contribution < 1.29 is 36.2 Å². The lowest BCUT2D eigenvalue weighted by atomic mass is 9.88. The number of methoxy groups -OCH3 is 1. The van der Waals surface area contributed by atoms with Gasteiger partial charge in [-0.3, -0.25) is 0 Å². The van der Waals surface area contributed by atoms with Gasteiger partial charge in [-0.15, -0.1) is 0 Å². The van der Waals surface area contributed by atoms with E-state index in [-0.39, 0.29) is 34.8 Å². The lowest BCUT2D eigenvalue weighted by Gasteiger charge is -2.27. The van der Waals surface area contributed by atoms with E-state index in [1.165, 1.54) is 18.3 Å². The molecule has 0 bridgehead atoms. The Bertz CT molecular complexity index is 1810. The Hall–Kier alpha value is -4.03. The second kappa shape index (κ2) is 9.77. The summed E-state index contributed by atoms with van der Waals surface area (Å²) in [6, 6.07) is 10.0. The molecular formula is C30H29F2N3O6S. The highest BCUT2D eigenvalue weighted by Crippen LogP contribution is 2.49. The van der Waals surface area contributed by atoms with Crippen LogP contribution in [-0.4, -0.2) is 54.2 Å². The smallest absolute Gasteiger partial charge is 0.410 e. The van der Waals surface area contributed by atoms with Gasteiger partial charge in [-0.2, -0.15) is 0 Å². The summed E-state index contributed by atoms with van der Waals surface area (Å²) in [6.07, 6.45) is 2.79. The molecule has 1 saturated heterocycles. The first-order valence-corrected chi connectivity index (χ1v) is 14.8. The Morgan fingerprint density at radius 1 is 1.12 bits per heavy atom. The summed E-state index contributed by atoms with van der Waals surface area (Å²) in [6.45, 7) is 5.99. The first-order chi connectivity index (χ1) is 19.8. The monoisotopic (exact) mass is 597 g/mol. The fourth-order valence-electron chi connectivity index (χ4n) is 5.73. The SMILES string of the molecule is COc1c(F)cc(-c2cn(S(=O)(=O)c3ccccc3)c3ncc4c(c23)C2(CCN(C(=O)OC(C)(C)C)C2)OC4)cc1F. The minimum Gasteiger partial charge on any atom is -0.491 e. The van der Waals surface area contributed by atoms with Crippen molar-refractivity contribution in [3.8, 4) is 16.9 Å². The number of pyridine rings is 1. The third-order valence-electron chi connectivity index (χ3n) is 7.52. The zero-order valence-corrected chi connectivity index (χ0v) is 24.3. The van der Waals surface area contributed by atoms with Crippen molar-refractivity contribution in [2.75, 3.05) is 20.2 Å². The van der Waals surface area contributed by atoms with Crippen molar-refractivity contribution in [3.05, 3.63) is 77.6 Å². The Labute approximate surface area is 241 Å². The van der Waals surface area contributed by atoms with Crippen LogP contribution in [0.25, 0.3) is 22.2 Å². The van der Waals surface area contributed by atoms with Crippen molar-refractivity contribution in [1.29, 1.82) is 0 Å². The lowest BCUT2D eigenvalue weighted by molar-refractivity contribution is -0.0320. The number of aromatic nitrogens is 2. The Morgan fingerprint density at radius 2 is 1.81 bits per heavy atom. The number of nitrogens with zero attached hydrogens (tertiary/aromatic N) is 3. The number of fused-ring (bicyclic) bond motifs is 4. The number of ether oxygens (including phenoxy) is 3. The number of carbonyl (C=O) groups is 1. The Balaban J connectivity index is 1.59. The van der Waals surface area contributed by atoms with Crippen LogP contribution in [0.15, 0.2) is 59.8 Å². The second-order valence-electron chi connectivity index (χ2n) is 11.4. The highest BCUT2D eigenvalue weighted by molar-refractivity contribution is 7.90. The standard InChI is InChI=1S/C30H29F2N3O6S/c1-29(2,3)41-28(36)34-11-10-30(17-34)25-19(16-40-30)14-33-27-24(25)21(18-12-22(31)26(39-4)23(32)13-18)15-35(27)42(37,38)20-8-6-5-7-9-20/h5-9,12-15H,10-11,16-17H2,1-4H3. The number of benzene rings is 2. The van der Waals surface area contributed by atoms with Crippen molar-refractivity contribution in [2.45, 2.75) is 49.9 Å². The molecule has 1 unspecified atom stereocenters. The molecule has 1 spiro atoms. The second-order valence-corrected chi connectivity index (χ2v) is 13.2. The van der Waals surface area contributed by atoms with Crippen LogP contribution in [0.2, 0.25) is 0 Å². The van der Waals surface area contributed by atoms with E-state index < -0.39 is 44.7 Å². The summed E-state index contributed by atoms with van der Waals surface area (Å²) in [7, 11) is -3.01. The zero-order valence-electron chi connectivity index (χ0n) is 23.5. The fraction of sp³-hybridized carbons (Fsp3) is 0.333. The molecule has 6 rings (SSSR count). The number of halogens is 2. The molecule has 42 heavy (non-hydrogen) atoms. The van der Waals surface area contributed by atoms with Gasteiger partial charge in [-0.1, -0.05) is 18.2 Å². The topological polar surface area (TPSA) is 100.0 Å². The maximum atomic E-state index is 15.0. The Morgan fingerprint density at radius 3 is 2.45 bits per heavy atom. The van der Waals surface area contributed by atoms with E-state index in [1.807, 2.05) is 0 Å². The molecule has 4 heterocycles. The average Bonchev–Trinajstić information content (AvgIpc) is 3.64. The first-order valence-electron chi connectivity index (χ1n) is 13.3. The van der Waals surface area contributed by atoms with E-state index in [0.29, 0.717) is 29.5 Å². The van der Waals surface area contributed by atoms with Gasteiger partial charge < -0.3 is 19.1 Å². The number of carbonyl (C=O) groups excluding carboxylic acids is 1. The molecule has 2 aromatic carbocycles. The van der Waals surface area contributed by atoms with Gasteiger partial charge in [0, 0.05) is 47.4 Å². The molecule has 2 aliphatic heterocycles. The zero-order chi connectivity index (χ0) is 30.0. The molecule has 0 saturated carbocycles. The van der Waals surface area contributed by atoms with E-state index >= 15 is 0 Å². The van der Waals surface area contributed by atoms with Crippen molar-refractivity contribution in [2.24, 2.45) is 0 Å². The summed E-state index contributed by atoms with van der Waals surface area (Å²) in [4.78, 5) is 19.0. The van der Waals surface area contributed by atoms with Gasteiger partial charge in [0.05, 0.1) is 25.2 Å². The van der Waals surface area contributed by atoms with Crippen LogP contribution >= 0.6 is 0 Å². The summed E-state index contributed by atoms with van der Waals surface area (Å²) in [5.41, 5.74) is 0.0362. The van der Waals surface area contributed by atoms with E-state index in [0.717, 1.165) is 23.2 Å². The van der Waals surface area contributed by atoms with Gasteiger partial charge in [0.15, 0.2) is 23.0 Å². The summed E-state index contributed by atoms with van der Waals surface area (Å²) >= 11 is 0. The van der Waals surface area contributed by atoms with Gasteiger partial charge in [0.2, 0.25) is 0 Å². The Kier molecular flexibility index (Phi) is 6.54. The predicted octanol–water partition coefficient (Wildman–Crippen LogP) is 5.59. The average molecular weight is 598 g/mol. The van der Waals surface area contributed by atoms with Gasteiger partial charge in [-0.05, 0) is 50.6 Å². The third kappa shape index (κ3) is 4.49. The molecule has 4 aromatic rings. The van der Waals surface area contributed by atoms with Crippen LogP contribution in [0.5, 0.6) is 5.75 Å². The molecule has 0 aliphatic carbocycles. The molecular weight excluding hydrogens is 568 g/mol. The molecule has 1 fully saturated rings. The lowest BCUT2D eigenvalue weighted by Crippen LogP contribution is -2.38. The molecule has 2 aliphatic rings. The van der Waals surface area contributed by atoms with Crippen LogP contribution in [0.4, 0.5) is 13.6 Å². The largest absolute Gasteiger partial charge is 0.491 e. The number of amides is 1. The van der Waals surface area contributed by atoms with Gasteiger partial charge in [0.1, 0.15) is 11.2 Å². The normalized spacial score (nSPS) is 18.6. The molecule has 0 N–H and O–H groups in total. The molecule has 2 aromatic heterocycles.